The highest BCUT2D eigenvalue weighted by molar-refractivity contribution is 5.96. The molecule has 1 nitrogen and oxygen atoms in total. The van der Waals surface area contributed by atoms with Gasteiger partial charge in [0.25, 0.3) is 0 Å². The Morgan fingerprint density at radius 2 is 1.74 bits per heavy atom. The van der Waals surface area contributed by atoms with Gasteiger partial charge in [-0.3, -0.25) is 4.79 Å². The van der Waals surface area contributed by atoms with E-state index in [0.29, 0.717) is 6.42 Å². The molecular weight excluding hydrogens is 232 g/mol. The van der Waals surface area contributed by atoms with Crippen LogP contribution in [-0.2, 0) is 11.2 Å². The van der Waals surface area contributed by atoms with E-state index in [2.05, 4.69) is 31.2 Å². The van der Waals surface area contributed by atoms with Gasteiger partial charge >= 0.3 is 0 Å². The number of hydrogen-bond donors (Lipinski definition) is 0. The number of hydrogen-bond acceptors (Lipinski definition) is 1. The number of allylic oxidation sites excluding steroid dienone is 2. The zero-order valence-electron chi connectivity index (χ0n) is 12.5. The molecule has 104 valence electrons. The fourth-order valence-electron chi connectivity index (χ4n) is 2.12. The third-order valence-electron chi connectivity index (χ3n) is 3.45. The van der Waals surface area contributed by atoms with E-state index in [1.807, 2.05) is 13.8 Å². The molecule has 0 saturated carbocycles. The molecule has 0 aliphatic rings. The Balaban J connectivity index is 2.56. The summed E-state index contributed by atoms with van der Waals surface area (Å²) in [6.07, 6.45) is 8.70. The van der Waals surface area contributed by atoms with Crippen molar-refractivity contribution in [3.05, 3.63) is 41.5 Å². The lowest BCUT2D eigenvalue weighted by Gasteiger charge is -2.05. The van der Waals surface area contributed by atoms with Crippen molar-refractivity contribution >= 4 is 11.4 Å². The first-order valence-corrected chi connectivity index (χ1v) is 7.47. The Morgan fingerprint density at radius 1 is 1.05 bits per heavy atom. The van der Waals surface area contributed by atoms with Crippen LogP contribution in [-0.4, -0.2) is 5.78 Å². The molecule has 0 aliphatic carbocycles. The molecule has 0 aromatic heterocycles. The Morgan fingerprint density at radius 3 is 2.32 bits per heavy atom. The highest BCUT2D eigenvalue weighted by atomic mass is 16.1. The molecule has 1 aromatic carbocycles. The zero-order chi connectivity index (χ0) is 14.1. The van der Waals surface area contributed by atoms with Crippen molar-refractivity contribution in [1.29, 1.82) is 0 Å². The third kappa shape index (κ3) is 5.87. The standard InChI is InChI=1S/C18H26O/c1-4-6-7-8-9-16-10-12-17(13-11-16)15(3)14-18(19)5-2/h10-14H,4-9H2,1-3H3/b15-14+. The smallest absolute Gasteiger partial charge is 0.155 e. The molecule has 0 heterocycles. The molecule has 0 bridgehead atoms. The highest BCUT2D eigenvalue weighted by Crippen LogP contribution is 2.16. The fourth-order valence-corrected chi connectivity index (χ4v) is 2.12. The Kier molecular flexibility index (Phi) is 7.17. The second-order valence-electron chi connectivity index (χ2n) is 5.15. The summed E-state index contributed by atoms with van der Waals surface area (Å²) in [5, 5.41) is 0. The number of ketones is 1. The molecule has 1 heteroatoms. The van der Waals surface area contributed by atoms with Crippen molar-refractivity contribution in [3.8, 4) is 0 Å². The molecule has 0 atom stereocenters. The van der Waals surface area contributed by atoms with Gasteiger partial charge in [-0.2, -0.15) is 0 Å². The van der Waals surface area contributed by atoms with Gasteiger partial charge in [0, 0.05) is 6.42 Å². The van der Waals surface area contributed by atoms with Gasteiger partial charge in [-0.25, -0.2) is 0 Å². The van der Waals surface area contributed by atoms with Crippen LogP contribution in [0.5, 0.6) is 0 Å². The average Bonchev–Trinajstić information content (AvgIpc) is 2.44. The molecule has 19 heavy (non-hydrogen) atoms. The number of carbonyl (C=O) groups is 1. The van der Waals surface area contributed by atoms with E-state index in [1.54, 1.807) is 6.08 Å². The number of rotatable bonds is 8. The van der Waals surface area contributed by atoms with Gasteiger partial charge < -0.3 is 0 Å². The molecule has 0 saturated heterocycles. The molecule has 0 fully saturated rings. The maximum absolute atomic E-state index is 11.4. The minimum absolute atomic E-state index is 0.196. The maximum Gasteiger partial charge on any atom is 0.155 e. The summed E-state index contributed by atoms with van der Waals surface area (Å²) >= 11 is 0. The molecule has 0 aliphatic heterocycles. The topological polar surface area (TPSA) is 17.1 Å². The molecule has 0 amide bonds. The van der Waals surface area contributed by atoms with Crippen molar-refractivity contribution in [1.82, 2.24) is 0 Å². The summed E-state index contributed by atoms with van der Waals surface area (Å²) in [6, 6.07) is 8.64. The van der Waals surface area contributed by atoms with E-state index < -0.39 is 0 Å². The summed E-state index contributed by atoms with van der Waals surface area (Å²) in [7, 11) is 0. The average molecular weight is 258 g/mol. The van der Waals surface area contributed by atoms with Crippen molar-refractivity contribution in [3.63, 3.8) is 0 Å². The van der Waals surface area contributed by atoms with Gasteiger partial charge in [0.15, 0.2) is 5.78 Å². The summed E-state index contributed by atoms with van der Waals surface area (Å²) in [6.45, 7) is 6.14. The lowest BCUT2D eigenvalue weighted by atomic mass is 10.0. The van der Waals surface area contributed by atoms with Gasteiger partial charge in [-0.05, 0) is 42.5 Å². The van der Waals surface area contributed by atoms with Crippen LogP contribution in [0.25, 0.3) is 5.57 Å². The van der Waals surface area contributed by atoms with E-state index in [-0.39, 0.29) is 5.78 Å². The van der Waals surface area contributed by atoms with Crippen LogP contribution in [0, 0.1) is 0 Å². The SMILES string of the molecule is CCCCCCc1ccc(/C(C)=C/C(=O)CC)cc1. The van der Waals surface area contributed by atoms with E-state index in [0.717, 1.165) is 17.6 Å². The predicted octanol–water partition coefficient (Wildman–Crippen LogP) is 5.19. The summed E-state index contributed by atoms with van der Waals surface area (Å²) in [5.41, 5.74) is 3.61. The Hall–Kier alpha value is -1.37. The van der Waals surface area contributed by atoms with Crippen molar-refractivity contribution in [2.45, 2.75) is 59.3 Å². The van der Waals surface area contributed by atoms with E-state index in [9.17, 15) is 4.79 Å². The maximum atomic E-state index is 11.4. The van der Waals surface area contributed by atoms with Crippen LogP contribution >= 0.6 is 0 Å². The van der Waals surface area contributed by atoms with Crippen LogP contribution in [0.1, 0.15) is 64.0 Å². The molecule has 0 unspecified atom stereocenters. The van der Waals surface area contributed by atoms with Gasteiger partial charge in [0.2, 0.25) is 0 Å². The van der Waals surface area contributed by atoms with Crippen LogP contribution < -0.4 is 0 Å². The largest absolute Gasteiger partial charge is 0.295 e. The van der Waals surface area contributed by atoms with Crippen molar-refractivity contribution < 1.29 is 4.79 Å². The second-order valence-corrected chi connectivity index (χ2v) is 5.15. The summed E-state index contributed by atoms with van der Waals surface area (Å²) in [4.78, 5) is 11.4. The lowest BCUT2D eigenvalue weighted by Crippen LogP contribution is -1.91. The van der Waals surface area contributed by atoms with Crippen LogP contribution in [0.15, 0.2) is 30.3 Å². The lowest BCUT2D eigenvalue weighted by molar-refractivity contribution is -0.114. The predicted molar refractivity (Wildman–Crippen MR) is 83.2 cm³/mol. The van der Waals surface area contributed by atoms with Crippen molar-refractivity contribution in [2.24, 2.45) is 0 Å². The van der Waals surface area contributed by atoms with Crippen LogP contribution in [0.4, 0.5) is 0 Å². The molecular formula is C18H26O. The quantitative estimate of drug-likeness (QED) is 0.463. The van der Waals surface area contributed by atoms with Gasteiger partial charge in [-0.15, -0.1) is 0 Å². The molecule has 1 rings (SSSR count). The van der Waals surface area contributed by atoms with Gasteiger partial charge in [0.1, 0.15) is 0 Å². The van der Waals surface area contributed by atoms with Crippen molar-refractivity contribution in [2.75, 3.05) is 0 Å². The number of aryl methyl sites for hydroxylation is 1. The fraction of sp³-hybridized carbons (Fsp3) is 0.500. The first-order valence-electron chi connectivity index (χ1n) is 7.47. The van der Waals surface area contributed by atoms with Crippen LogP contribution in [0.3, 0.4) is 0 Å². The molecule has 1 aromatic rings. The van der Waals surface area contributed by atoms with Gasteiger partial charge in [-0.1, -0.05) is 57.4 Å². The van der Waals surface area contributed by atoms with E-state index >= 15 is 0 Å². The summed E-state index contributed by atoms with van der Waals surface area (Å²) < 4.78 is 0. The second kappa shape index (κ2) is 8.68. The summed E-state index contributed by atoms with van der Waals surface area (Å²) in [5.74, 6) is 0.196. The Labute approximate surface area is 117 Å². The molecule has 0 spiro atoms. The number of unbranched alkanes of at least 4 members (excludes halogenated alkanes) is 3. The number of benzene rings is 1. The molecule has 0 radical (unpaired) electrons. The highest BCUT2D eigenvalue weighted by Gasteiger charge is 2.00. The third-order valence-corrected chi connectivity index (χ3v) is 3.45. The van der Waals surface area contributed by atoms with E-state index in [1.165, 1.54) is 31.2 Å². The first-order chi connectivity index (χ1) is 9.17. The van der Waals surface area contributed by atoms with Crippen LogP contribution in [0.2, 0.25) is 0 Å². The normalized spacial score (nSPS) is 11.6. The zero-order valence-corrected chi connectivity index (χ0v) is 12.5. The molecule has 0 N–H and O–H groups in total. The minimum Gasteiger partial charge on any atom is -0.295 e. The minimum atomic E-state index is 0.196. The Bertz CT molecular complexity index is 412. The monoisotopic (exact) mass is 258 g/mol. The first kappa shape index (κ1) is 15.7. The van der Waals surface area contributed by atoms with E-state index in [4.69, 9.17) is 0 Å². The van der Waals surface area contributed by atoms with Gasteiger partial charge in [0.05, 0.1) is 0 Å². The number of carbonyl (C=O) groups excluding carboxylic acids is 1.